The zero-order valence-electron chi connectivity index (χ0n) is 10.1. The number of carboxylic acid groups (broad SMARTS) is 1. The summed E-state index contributed by atoms with van der Waals surface area (Å²) in [6.07, 6.45) is -0.447. The zero-order chi connectivity index (χ0) is 14.6. The molecule has 0 saturated carbocycles. The average molecular weight is 291 g/mol. The van der Waals surface area contributed by atoms with Crippen molar-refractivity contribution >= 4 is 16.0 Å². The van der Waals surface area contributed by atoms with Crippen LogP contribution in [0.3, 0.4) is 0 Å². The summed E-state index contributed by atoms with van der Waals surface area (Å²) in [4.78, 5) is 10.4. The van der Waals surface area contributed by atoms with Crippen LogP contribution in [0.2, 0.25) is 0 Å². The van der Waals surface area contributed by atoms with Gasteiger partial charge in [-0.25, -0.2) is 22.3 Å². The third-order valence-corrected chi connectivity index (χ3v) is 3.79. The largest absolute Gasteiger partial charge is 0.478 e. The number of benzene rings is 1. The molecule has 0 radical (unpaired) electrons. The van der Waals surface area contributed by atoms with Gasteiger partial charge in [0.2, 0.25) is 10.0 Å². The van der Waals surface area contributed by atoms with E-state index in [1.807, 2.05) is 0 Å². The molecular weight excluding hydrogens is 277 g/mol. The second-order valence-electron chi connectivity index (χ2n) is 3.98. The van der Waals surface area contributed by atoms with Gasteiger partial charge in [-0.05, 0) is 31.5 Å². The van der Waals surface area contributed by atoms with Gasteiger partial charge in [0.15, 0.2) is 0 Å². The van der Waals surface area contributed by atoms with Crippen LogP contribution in [0.15, 0.2) is 23.1 Å². The van der Waals surface area contributed by atoms with Crippen molar-refractivity contribution in [2.45, 2.75) is 24.3 Å². The van der Waals surface area contributed by atoms with Crippen LogP contribution in [-0.2, 0) is 10.0 Å². The Labute approximate surface area is 109 Å². The predicted octanol–water partition coefficient (Wildman–Crippen LogP) is 0.573. The van der Waals surface area contributed by atoms with Crippen molar-refractivity contribution in [1.29, 1.82) is 0 Å². The van der Waals surface area contributed by atoms with Crippen molar-refractivity contribution < 1.29 is 27.8 Å². The first-order chi connectivity index (χ1) is 8.74. The molecule has 19 heavy (non-hydrogen) atoms. The molecule has 0 heterocycles. The normalized spacial score (nSPS) is 13.2. The first-order valence-electron chi connectivity index (χ1n) is 5.44. The van der Waals surface area contributed by atoms with Gasteiger partial charge in [-0.3, -0.25) is 0 Å². The average Bonchev–Trinajstić information content (AvgIpc) is 2.27. The van der Waals surface area contributed by atoms with Crippen LogP contribution in [0.5, 0.6) is 0 Å². The summed E-state index contributed by atoms with van der Waals surface area (Å²) in [6, 6.07) is 2.52. The monoisotopic (exact) mass is 291 g/mol. The van der Waals surface area contributed by atoms with Crippen LogP contribution < -0.4 is 4.72 Å². The van der Waals surface area contributed by atoms with Gasteiger partial charge >= 0.3 is 5.97 Å². The molecule has 0 amide bonds. The van der Waals surface area contributed by atoms with E-state index in [-0.39, 0.29) is 17.9 Å². The third kappa shape index (κ3) is 4.27. The number of aromatic carboxylic acids is 1. The summed E-state index contributed by atoms with van der Waals surface area (Å²) in [6.45, 7) is 1.51. The maximum Gasteiger partial charge on any atom is 0.338 e. The Hall–Kier alpha value is -1.51. The maximum absolute atomic E-state index is 13.1. The number of aliphatic hydroxyl groups excluding tert-OH is 1. The van der Waals surface area contributed by atoms with E-state index in [2.05, 4.69) is 4.72 Å². The van der Waals surface area contributed by atoms with E-state index in [1.54, 1.807) is 0 Å². The standard InChI is InChI=1S/C11H14FNO5S/c1-7(14)4-5-13-19(17,18)8-2-3-10(12)9(6-8)11(15)16/h2-3,6-7,13-14H,4-5H2,1H3,(H,15,16). The van der Waals surface area contributed by atoms with E-state index < -0.39 is 33.5 Å². The second kappa shape index (κ2) is 6.09. The van der Waals surface area contributed by atoms with Crippen molar-refractivity contribution in [1.82, 2.24) is 4.72 Å². The molecule has 1 rings (SSSR count). The van der Waals surface area contributed by atoms with E-state index in [9.17, 15) is 17.6 Å². The van der Waals surface area contributed by atoms with Crippen LogP contribution in [0, 0.1) is 5.82 Å². The van der Waals surface area contributed by atoms with E-state index in [0.717, 1.165) is 18.2 Å². The highest BCUT2D eigenvalue weighted by molar-refractivity contribution is 7.89. The van der Waals surface area contributed by atoms with Crippen LogP contribution in [0.25, 0.3) is 0 Å². The number of rotatable bonds is 6. The molecule has 3 N–H and O–H groups in total. The molecule has 0 bridgehead atoms. The number of sulfonamides is 1. The Morgan fingerprint density at radius 1 is 1.47 bits per heavy atom. The molecule has 0 spiro atoms. The summed E-state index contributed by atoms with van der Waals surface area (Å²) in [5.41, 5.74) is -0.710. The van der Waals surface area contributed by atoms with Crippen LogP contribution in [0.1, 0.15) is 23.7 Å². The minimum atomic E-state index is -3.92. The molecule has 0 aliphatic carbocycles. The molecule has 0 aromatic heterocycles. The van der Waals surface area contributed by atoms with Gasteiger partial charge in [0.1, 0.15) is 5.82 Å². The quantitative estimate of drug-likeness (QED) is 0.711. The van der Waals surface area contributed by atoms with Crippen molar-refractivity contribution in [3.8, 4) is 0 Å². The molecule has 0 aliphatic heterocycles. The molecule has 0 saturated heterocycles. The highest BCUT2D eigenvalue weighted by atomic mass is 32.2. The van der Waals surface area contributed by atoms with Gasteiger partial charge in [0.25, 0.3) is 0 Å². The fourth-order valence-corrected chi connectivity index (χ4v) is 2.39. The lowest BCUT2D eigenvalue weighted by Crippen LogP contribution is -2.27. The Morgan fingerprint density at radius 2 is 2.11 bits per heavy atom. The summed E-state index contributed by atoms with van der Waals surface area (Å²) >= 11 is 0. The van der Waals surface area contributed by atoms with Gasteiger partial charge < -0.3 is 10.2 Å². The van der Waals surface area contributed by atoms with Crippen molar-refractivity contribution in [3.63, 3.8) is 0 Å². The number of hydrogen-bond donors (Lipinski definition) is 3. The lowest BCUT2D eigenvalue weighted by Gasteiger charge is -2.08. The molecule has 1 aromatic rings. The number of hydrogen-bond acceptors (Lipinski definition) is 4. The van der Waals surface area contributed by atoms with E-state index in [1.165, 1.54) is 6.92 Å². The van der Waals surface area contributed by atoms with E-state index in [0.29, 0.717) is 0 Å². The number of carboxylic acids is 1. The van der Waals surface area contributed by atoms with Crippen LogP contribution in [-0.4, -0.2) is 37.2 Å². The summed E-state index contributed by atoms with van der Waals surface area (Å²) < 4.78 is 38.9. The highest BCUT2D eigenvalue weighted by Crippen LogP contribution is 2.15. The van der Waals surface area contributed by atoms with Gasteiger partial charge in [0, 0.05) is 6.54 Å². The predicted molar refractivity (Wildman–Crippen MR) is 64.8 cm³/mol. The van der Waals surface area contributed by atoms with Crippen LogP contribution in [0.4, 0.5) is 4.39 Å². The van der Waals surface area contributed by atoms with Crippen molar-refractivity contribution in [2.24, 2.45) is 0 Å². The third-order valence-electron chi connectivity index (χ3n) is 2.33. The molecule has 1 unspecified atom stereocenters. The number of halogens is 1. The molecule has 0 aliphatic rings. The SMILES string of the molecule is CC(O)CCNS(=O)(=O)c1ccc(F)c(C(=O)O)c1. The first kappa shape index (κ1) is 15.5. The lowest BCUT2D eigenvalue weighted by molar-refractivity contribution is 0.0691. The van der Waals surface area contributed by atoms with Gasteiger partial charge in [-0.15, -0.1) is 0 Å². The second-order valence-corrected chi connectivity index (χ2v) is 5.75. The van der Waals surface area contributed by atoms with Crippen molar-refractivity contribution in [3.05, 3.63) is 29.6 Å². The van der Waals surface area contributed by atoms with Gasteiger partial charge in [0.05, 0.1) is 16.6 Å². The molecule has 106 valence electrons. The summed E-state index contributed by atoms with van der Waals surface area (Å²) in [7, 11) is -3.92. The molecule has 6 nitrogen and oxygen atoms in total. The smallest absolute Gasteiger partial charge is 0.338 e. The van der Waals surface area contributed by atoms with E-state index >= 15 is 0 Å². The Balaban J connectivity index is 2.96. The highest BCUT2D eigenvalue weighted by Gasteiger charge is 2.18. The van der Waals surface area contributed by atoms with Crippen molar-refractivity contribution in [2.75, 3.05) is 6.54 Å². The number of carbonyl (C=O) groups is 1. The fourth-order valence-electron chi connectivity index (χ4n) is 1.32. The molecular formula is C11H14FNO5S. The summed E-state index contributed by atoms with van der Waals surface area (Å²) in [5, 5.41) is 17.7. The minimum Gasteiger partial charge on any atom is -0.478 e. The van der Waals surface area contributed by atoms with E-state index in [4.69, 9.17) is 10.2 Å². The topological polar surface area (TPSA) is 104 Å². The minimum absolute atomic E-state index is 0.000217. The maximum atomic E-state index is 13.1. The first-order valence-corrected chi connectivity index (χ1v) is 6.93. The molecule has 8 heteroatoms. The Bertz CT molecular complexity index is 570. The number of aliphatic hydroxyl groups is 1. The van der Waals surface area contributed by atoms with Gasteiger partial charge in [-0.1, -0.05) is 0 Å². The number of nitrogens with one attached hydrogen (secondary N) is 1. The zero-order valence-corrected chi connectivity index (χ0v) is 10.9. The lowest BCUT2D eigenvalue weighted by atomic mass is 10.2. The van der Waals surface area contributed by atoms with Crippen LogP contribution >= 0.6 is 0 Å². The molecule has 1 atom stereocenters. The molecule has 1 aromatic carbocycles. The Kier molecular flexibility index (Phi) is 4.98. The van der Waals surface area contributed by atoms with Gasteiger partial charge in [-0.2, -0.15) is 0 Å². The summed E-state index contributed by atoms with van der Waals surface area (Å²) in [5.74, 6) is -2.55. The fraction of sp³-hybridized carbons (Fsp3) is 0.364. The Morgan fingerprint density at radius 3 is 2.63 bits per heavy atom. The molecule has 0 fully saturated rings.